The number of aromatic nitrogens is 1. The zero-order valence-corrected chi connectivity index (χ0v) is 16.6. The van der Waals surface area contributed by atoms with Gasteiger partial charge < -0.3 is 14.4 Å². The van der Waals surface area contributed by atoms with Crippen molar-refractivity contribution in [2.24, 2.45) is 0 Å². The highest BCUT2D eigenvalue weighted by atomic mass is 79.9. The Morgan fingerprint density at radius 3 is 2.77 bits per heavy atom. The lowest BCUT2D eigenvalue weighted by molar-refractivity contribution is -0.132. The fourth-order valence-corrected chi connectivity index (χ4v) is 3.20. The van der Waals surface area contributed by atoms with Crippen molar-refractivity contribution in [3.8, 4) is 11.6 Å². The molecule has 0 radical (unpaired) electrons. The van der Waals surface area contributed by atoms with Crippen LogP contribution >= 0.6 is 15.9 Å². The van der Waals surface area contributed by atoms with E-state index in [9.17, 15) is 4.79 Å². The third kappa shape index (κ3) is 4.75. The van der Waals surface area contributed by atoms with Crippen LogP contribution in [0.15, 0.2) is 47.1 Å². The van der Waals surface area contributed by atoms with E-state index in [-0.39, 0.29) is 18.6 Å². The molecular weight excluding hydrogens is 396 g/mol. The SMILES string of the molecule is CC(C)c1ccc(OCC(=O)N2CCC(Oc3ncccc3Br)C2)cc1. The predicted molar refractivity (Wildman–Crippen MR) is 104 cm³/mol. The van der Waals surface area contributed by atoms with Crippen molar-refractivity contribution >= 4 is 21.8 Å². The molecule has 1 amide bonds. The third-order valence-corrected chi connectivity index (χ3v) is 5.01. The van der Waals surface area contributed by atoms with Crippen LogP contribution in [0.5, 0.6) is 11.6 Å². The van der Waals surface area contributed by atoms with E-state index in [1.165, 1.54) is 5.56 Å². The number of pyridine rings is 1. The molecule has 1 aliphatic heterocycles. The molecule has 6 heteroatoms. The molecule has 26 heavy (non-hydrogen) atoms. The van der Waals surface area contributed by atoms with Crippen LogP contribution in [0.4, 0.5) is 0 Å². The molecule has 3 rings (SSSR count). The number of halogens is 1. The van der Waals surface area contributed by atoms with E-state index in [0.29, 0.717) is 30.6 Å². The Balaban J connectivity index is 1.48. The molecule has 1 atom stereocenters. The van der Waals surface area contributed by atoms with E-state index in [1.54, 1.807) is 11.1 Å². The molecule has 0 aliphatic carbocycles. The molecule has 1 saturated heterocycles. The summed E-state index contributed by atoms with van der Waals surface area (Å²) < 4.78 is 12.3. The summed E-state index contributed by atoms with van der Waals surface area (Å²) in [4.78, 5) is 18.4. The van der Waals surface area contributed by atoms with E-state index >= 15 is 0 Å². The first-order chi connectivity index (χ1) is 12.5. The molecule has 2 aromatic rings. The Kier molecular flexibility index (Phi) is 6.14. The molecule has 0 bridgehead atoms. The van der Waals surface area contributed by atoms with Gasteiger partial charge in [-0.25, -0.2) is 4.98 Å². The summed E-state index contributed by atoms with van der Waals surface area (Å²) in [6.07, 6.45) is 2.43. The maximum absolute atomic E-state index is 12.4. The van der Waals surface area contributed by atoms with Gasteiger partial charge in [-0.1, -0.05) is 26.0 Å². The van der Waals surface area contributed by atoms with E-state index in [1.807, 2.05) is 36.4 Å². The van der Waals surface area contributed by atoms with Crippen LogP contribution in [0, 0.1) is 0 Å². The molecule has 2 heterocycles. The molecule has 138 valence electrons. The third-order valence-electron chi connectivity index (χ3n) is 4.41. The second-order valence-corrected chi connectivity index (χ2v) is 7.53. The number of rotatable bonds is 6. The number of benzene rings is 1. The van der Waals surface area contributed by atoms with Gasteiger partial charge in [0.1, 0.15) is 11.9 Å². The fraction of sp³-hybridized carbons (Fsp3) is 0.400. The molecule has 1 aromatic carbocycles. The van der Waals surface area contributed by atoms with Crippen molar-refractivity contribution in [2.45, 2.75) is 32.3 Å². The zero-order valence-electron chi connectivity index (χ0n) is 15.0. The van der Waals surface area contributed by atoms with Crippen molar-refractivity contribution in [3.05, 3.63) is 52.6 Å². The van der Waals surface area contributed by atoms with Gasteiger partial charge >= 0.3 is 0 Å². The Bertz CT molecular complexity index is 749. The standard InChI is InChI=1S/C20H23BrN2O3/c1-14(2)15-5-7-16(8-6-15)25-13-19(24)23-11-9-17(12-23)26-20-18(21)4-3-10-22-20/h3-8,10,14,17H,9,11-13H2,1-2H3. The number of carbonyl (C=O) groups is 1. The summed E-state index contributed by atoms with van der Waals surface area (Å²) in [5.41, 5.74) is 1.25. The Morgan fingerprint density at radius 2 is 2.08 bits per heavy atom. The summed E-state index contributed by atoms with van der Waals surface area (Å²) in [6.45, 7) is 5.56. The summed E-state index contributed by atoms with van der Waals surface area (Å²) in [6, 6.07) is 11.6. The lowest BCUT2D eigenvalue weighted by Crippen LogP contribution is -2.34. The topological polar surface area (TPSA) is 51.7 Å². The van der Waals surface area contributed by atoms with Crippen LogP contribution in [-0.2, 0) is 4.79 Å². The molecule has 0 spiro atoms. The number of carbonyl (C=O) groups excluding carboxylic acids is 1. The van der Waals surface area contributed by atoms with Gasteiger partial charge in [0, 0.05) is 19.2 Å². The Labute approximate surface area is 162 Å². The second-order valence-electron chi connectivity index (χ2n) is 6.67. The molecule has 1 unspecified atom stereocenters. The van der Waals surface area contributed by atoms with Crippen LogP contribution in [0.2, 0.25) is 0 Å². The number of ether oxygens (including phenoxy) is 2. The van der Waals surface area contributed by atoms with E-state index < -0.39 is 0 Å². The minimum atomic E-state index is -0.0459. The van der Waals surface area contributed by atoms with E-state index in [4.69, 9.17) is 9.47 Å². The minimum absolute atomic E-state index is 0.0240. The summed E-state index contributed by atoms with van der Waals surface area (Å²) >= 11 is 3.42. The minimum Gasteiger partial charge on any atom is -0.484 e. The van der Waals surface area contributed by atoms with Crippen molar-refractivity contribution < 1.29 is 14.3 Å². The molecule has 0 N–H and O–H groups in total. The molecule has 1 fully saturated rings. The number of likely N-dealkylation sites (tertiary alicyclic amines) is 1. The van der Waals surface area contributed by atoms with Crippen molar-refractivity contribution in [2.75, 3.05) is 19.7 Å². The van der Waals surface area contributed by atoms with Crippen molar-refractivity contribution in [1.82, 2.24) is 9.88 Å². The first-order valence-corrected chi connectivity index (χ1v) is 9.60. The number of amides is 1. The largest absolute Gasteiger partial charge is 0.484 e. The van der Waals surface area contributed by atoms with Crippen molar-refractivity contribution in [3.63, 3.8) is 0 Å². The summed E-state index contributed by atoms with van der Waals surface area (Å²) in [5.74, 6) is 1.73. The van der Waals surface area contributed by atoms with Gasteiger partial charge in [-0.15, -0.1) is 0 Å². The lowest BCUT2D eigenvalue weighted by atomic mass is 10.0. The van der Waals surface area contributed by atoms with Gasteiger partial charge in [-0.3, -0.25) is 4.79 Å². The van der Waals surface area contributed by atoms with Gasteiger partial charge in [0.25, 0.3) is 5.91 Å². The van der Waals surface area contributed by atoms with Gasteiger partial charge in [0.15, 0.2) is 6.61 Å². The number of hydrogen-bond acceptors (Lipinski definition) is 4. The lowest BCUT2D eigenvalue weighted by Gasteiger charge is -2.17. The Hall–Kier alpha value is -2.08. The normalized spacial score (nSPS) is 16.8. The van der Waals surface area contributed by atoms with Crippen molar-refractivity contribution in [1.29, 1.82) is 0 Å². The molecule has 1 aromatic heterocycles. The average molecular weight is 419 g/mol. The Morgan fingerprint density at radius 1 is 1.31 bits per heavy atom. The number of nitrogens with zero attached hydrogens (tertiary/aromatic N) is 2. The van der Waals surface area contributed by atoms with E-state index in [0.717, 1.165) is 10.9 Å². The number of hydrogen-bond donors (Lipinski definition) is 0. The van der Waals surface area contributed by atoms with Gasteiger partial charge in [-0.05, 0) is 51.7 Å². The maximum atomic E-state index is 12.4. The highest BCUT2D eigenvalue weighted by Crippen LogP contribution is 2.24. The second kappa shape index (κ2) is 8.54. The predicted octanol–water partition coefficient (Wildman–Crippen LogP) is 4.03. The maximum Gasteiger partial charge on any atom is 0.260 e. The summed E-state index contributed by atoms with van der Waals surface area (Å²) in [5, 5.41) is 0. The van der Waals surface area contributed by atoms with Crippen LogP contribution in [0.3, 0.4) is 0 Å². The fourth-order valence-electron chi connectivity index (χ4n) is 2.85. The van der Waals surface area contributed by atoms with Crippen LogP contribution < -0.4 is 9.47 Å². The molecule has 1 aliphatic rings. The zero-order chi connectivity index (χ0) is 18.5. The average Bonchev–Trinajstić information content (AvgIpc) is 3.10. The molecule has 5 nitrogen and oxygen atoms in total. The van der Waals surface area contributed by atoms with E-state index in [2.05, 4.69) is 34.8 Å². The smallest absolute Gasteiger partial charge is 0.260 e. The first-order valence-electron chi connectivity index (χ1n) is 8.80. The van der Waals surface area contributed by atoms with Gasteiger partial charge in [0.2, 0.25) is 5.88 Å². The molecular formula is C20H23BrN2O3. The quantitative estimate of drug-likeness (QED) is 0.710. The van der Waals surface area contributed by atoms with Gasteiger partial charge in [-0.2, -0.15) is 0 Å². The van der Waals surface area contributed by atoms with Crippen LogP contribution in [0.1, 0.15) is 31.7 Å². The molecule has 0 saturated carbocycles. The summed E-state index contributed by atoms with van der Waals surface area (Å²) in [7, 11) is 0. The highest BCUT2D eigenvalue weighted by molar-refractivity contribution is 9.10. The van der Waals surface area contributed by atoms with Crippen LogP contribution in [0.25, 0.3) is 0 Å². The monoisotopic (exact) mass is 418 g/mol. The first kappa shape index (κ1) is 18.7. The highest BCUT2D eigenvalue weighted by Gasteiger charge is 2.28. The van der Waals surface area contributed by atoms with Gasteiger partial charge in [0.05, 0.1) is 11.0 Å². The van der Waals surface area contributed by atoms with Crippen LogP contribution in [-0.4, -0.2) is 41.6 Å².